The largest absolute Gasteiger partial charge is 0.475 e. The number of hydrogen-bond donors (Lipinski definition) is 0. The fourth-order valence-electron chi connectivity index (χ4n) is 1.90. The minimum absolute atomic E-state index is 0.0628. The number of carbonyl (C=O) groups excluding carboxylic acids is 1. The summed E-state index contributed by atoms with van der Waals surface area (Å²) >= 11 is 5.77. The van der Waals surface area contributed by atoms with Crippen LogP contribution in [0.2, 0.25) is 5.02 Å². The van der Waals surface area contributed by atoms with Crippen molar-refractivity contribution < 1.29 is 32.2 Å². The highest BCUT2D eigenvalue weighted by molar-refractivity contribution is 6.30. The molecule has 0 bridgehead atoms. The van der Waals surface area contributed by atoms with Crippen LogP contribution in [0.5, 0.6) is 5.75 Å². The molecular weight excluding hydrogens is 328 g/mol. The van der Waals surface area contributed by atoms with E-state index in [4.69, 9.17) is 16.3 Å². The Morgan fingerprint density at radius 1 is 1.32 bits per heavy atom. The fourth-order valence-corrected chi connectivity index (χ4v) is 2.18. The molecule has 0 amide bonds. The Hall–Kier alpha value is -1.76. The summed E-state index contributed by atoms with van der Waals surface area (Å²) in [4.78, 5) is 14.0. The van der Waals surface area contributed by atoms with Crippen molar-refractivity contribution in [2.45, 2.75) is 33.1 Å². The second kappa shape index (κ2) is 7.00. The molecule has 1 aliphatic rings. The third-order valence-electron chi connectivity index (χ3n) is 2.70. The summed E-state index contributed by atoms with van der Waals surface area (Å²) in [5.74, 6) is -1.82. The molecule has 0 saturated heterocycles. The van der Waals surface area contributed by atoms with Crippen molar-refractivity contribution in [3.63, 3.8) is 0 Å². The first-order valence-electron chi connectivity index (χ1n) is 6.32. The number of aryl methyl sites for hydroxylation is 1. The average Bonchev–Trinajstić information content (AvgIpc) is 2.46. The Morgan fingerprint density at radius 2 is 1.91 bits per heavy atom. The summed E-state index contributed by atoms with van der Waals surface area (Å²) in [5, 5.41) is 0.250. The zero-order valence-electron chi connectivity index (χ0n) is 11.9. The van der Waals surface area contributed by atoms with Crippen molar-refractivity contribution in [1.29, 1.82) is 0 Å². The van der Waals surface area contributed by atoms with Crippen LogP contribution in [0.4, 0.5) is 17.7 Å². The van der Waals surface area contributed by atoms with Crippen LogP contribution < -0.4 is 4.74 Å². The molecule has 8 heteroatoms. The minimum Gasteiger partial charge on any atom is -0.475 e. The molecule has 22 heavy (non-hydrogen) atoms. The van der Waals surface area contributed by atoms with Gasteiger partial charge in [-0.15, -0.1) is 0 Å². The lowest BCUT2D eigenvalue weighted by atomic mass is 9.99. The van der Waals surface area contributed by atoms with Crippen molar-refractivity contribution in [3.05, 3.63) is 33.9 Å². The molecule has 0 spiro atoms. The van der Waals surface area contributed by atoms with Crippen LogP contribution in [-0.2, 0) is 9.74 Å². The van der Waals surface area contributed by atoms with Crippen LogP contribution in [0.15, 0.2) is 17.7 Å². The topological polar surface area (TPSA) is 35.5 Å². The van der Waals surface area contributed by atoms with Crippen LogP contribution in [0, 0.1) is 6.92 Å². The van der Waals surface area contributed by atoms with E-state index in [0.717, 1.165) is 6.08 Å². The standard InChI is InChI=1S/C12H7ClF4O3.C2H6/c1-5-2-7(13)3-6-4-8(11(18)20-17)10(12(14,15)16)19-9(5)6;1-2/h2-4,10H,1H3;1-2H3. The number of benzene rings is 1. The third-order valence-corrected chi connectivity index (χ3v) is 2.92. The number of alkyl halides is 3. The first kappa shape index (κ1) is 18.3. The fraction of sp³-hybridized carbons (Fsp3) is 0.357. The molecule has 3 nitrogen and oxygen atoms in total. The summed E-state index contributed by atoms with van der Waals surface area (Å²) in [5.41, 5.74) is -0.462. The molecule has 1 atom stereocenters. The van der Waals surface area contributed by atoms with Crippen LogP contribution in [0.3, 0.4) is 0 Å². The predicted octanol–water partition coefficient (Wildman–Crippen LogP) is 4.81. The average molecular weight is 341 g/mol. The number of carbonyl (C=O) groups is 1. The van der Waals surface area contributed by atoms with Gasteiger partial charge in [0.15, 0.2) is 0 Å². The number of halogens is 5. The summed E-state index contributed by atoms with van der Waals surface area (Å²) in [6, 6.07) is 2.72. The Balaban J connectivity index is 0.00000116. The lowest BCUT2D eigenvalue weighted by molar-refractivity contribution is -0.198. The van der Waals surface area contributed by atoms with Gasteiger partial charge in [-0.25, -0.2) is 9.74 Å². The number of rotatable bonds is 1. The zero-order valence-corrected chi connectivity index (χ0v) is 12.7. The van der Waals surface area contributed by atoms with Gasteiger partial charge in [0.05, 0.1) is 5.57 Å². The molecule has 1 aromatic rings. The van der Waals surface area contributed by atoms with E-state index in [1.165, 1.54) is 19.1 Å². The lowest BCUT2D eigenvalue weighted by Crippen LogP contribution is -2.40. The Bertz CT molecular complexity index is 596. The molecule has 0 radical (unpaired) electrons. The molecule has 0 aliphatic carbocycles. The van der Waals surface area contributed by atoms with Crippen molar-refractivity contribution >= 4 is 23.6 Å². The van der Waals surface area contributed by atoms with Gasteiger partial charge in [-0.3, -0.25) is 0 Å². The smallest absolute Gasteiger partial charge is 0.430 e. The summed E-state index contributed by atoms with van der Waals surface area (Å²) in [7, 11) is 0. The first-order valence-corrected chi connectivity index (χ1v) is 6.70. The van der Waals surface area contributed by atoms with E-state index < -0.39 is 23.8 Å². The maximum Gasteiger partial charge on any atom is 0.430 e. The van der Waals surface area contributed by atoms with Gasteiger partial charge in [0.2, 0.25) is 6.10 Å². The van der Waals surface area contributed by atoms with E-state index in [9.17, 15) is 22.5 Å². The Kier molecular flexibility index (Phi) is 5.82. The highest BCUT2D eigenvalue weighted by atomic mass is 35.5. The van der Waals surface area contributed by atoms with E-state index in [0.29, 0.717) is 5.56 Å². The van der Waals surface area contributed by atoms with Crippen molar-refractivity contribution in [2.75, 3.05) is 0 Å². The molecule has 0 N–H and O–H groups in total. The van der Waals surface area contributed by atoms with Crippen molar-refractivity contribution in [1.82, 2.24) is 0 Å². The molecule has 1 aromatic carbocycles. The van der Waals surface area contributed by atoms with Crippen LogP contribution in [-0.4, -0.2) is 18.2 Å². The summed E-state index contributed by atoms with van der Waals surface area (Å²) < 4.78 is 55.3. The molecule has 1 aliphatic heterocycles. The van der Waals surface area contributed by atoms with E-state index in [2.05, 4.69) is 4.94 Å². The molecular formula is C14H13ClF4O3. The van der Waals surface area contributed by atoms with Gasteiger partial charge in [0.1, 0.15) is 5.75 Å². The second-order valence-corrected chi connectivity index (χ2v) is 4.58. The van der Waals surface area contributed by atoms with Gasteiger partial charge >= 0.3 is 12.1 Å². The van der Waals surface area contributed by atoms with E-state index in [-0.39, 0.29) is 16.3 Å². The highest BCUT2D eigenvalue weighted by Crippen LogP contribution is 2.40. The molecule has 2 rings (SSSR count). The Labute approximate surface area is 129 Å². The monoisotopic (exact) mass is 340 g/mol. The zero-order chi connectivity index (χ0) is 17.1. The molecule has 1 heterocycles. The number of fused-ring (bicyclic) bond motifs is 1. The quantitative estimate of drug-likeness (QED) is 0.688. The van der Waals surface area contributed by atoms with Gasteiger partial charge < -0.3 is 4.74 Å². The molecule has 1 unspecified atom stereocenters. The van der Waals surface area contributed by atoms with Crippen LogP contribution in [0.25, 0.3) is 6.08 Å². The third kappa shape index (κ3) is 3.71. The van der Waals surface area contributed by atoms with Crippen molar-refractivity contribution in [3.8, 4) is 5.75 Å². The van der Waals surface area contributed by atoms with Crippen molar-refractivity contribution in [2.24, 2.45) is 0 Å². The molecule has 122 valence electrons. The van der Waals surface area contributed by atoms with Gasteiger partial charge in [-0.2, -0.15) is 13.2 Å². The van der Waals surface area contributed by atoms with E-state index in [1.807, 2.05) is 13.8 Å². The maximum absolute atomic E-state index is 12.9. The minimum atomic E-state index is -4.89. The van der Waals surface area contributed by atoms with Gasteiger partial charge in [0.25, 0.3) is 0 Å². The molecule has 0 saturated carbocycles. The predicted molar refractivity (Wildman–Crippen MR) is 73.2 cm³/mol. The SMILES string of the molecule is CC.Cc1cc(Cl)cc2c1OC(C(F)(F)F)C(C(=O)OF)=C2. The number of hydrogen-bond acceptors (Lipinski definition) is 3. The summed E-state index contributed by atoms with van der Waals surface area (Å²) in [6.07, 6.45) is -6.61. The molecule has 0 aromatic heterocycles. The maximum atomic E-state index is 12.9. The second-order valence-electron chi connectivity index (χ2n) is 4.14. The van der Waals surface area contributed by atoms with Gasteiger partial charge in [-0.1, -0.05) is 25.4 Å². The molecule has 0 fully saturated rings. The van der Waals surface area contributed by atoms with E-state index >= 15 is 0 Å². The first-order chi connectivity index (χ1) is 10.2. The number of ether oxygens (including phenoxy) is 1. The van der Waals surface area contributed by atoms with Crippen LogP contribution in [0.1, 0.15) is 25.0 Å². The Morgan fingerprint density at radius 3 is 2.41 bits per heavy atom. The van der Waals surface area contributed by atoms with E-state index in [1.54, 1.807) is 0 Å². The lowest BCUT2D eigenvalue weighted by Gasteiger charge is -2.28. The van der Waals surface area contributed by atoms with Crippen LogP contribution >= 0.6 is 11.6 Å². The summed E-state index contributed by atoms with van der Waals surface area (Å²) in [6.45, 7) is 5.50. The highest BCUT2D eigenvalue weighted by Gasteiger charge is 2.49. The van der Waals surface area contributed by atoms with Gasteiger partial charge in [-0.05, 0) is 30.7 Å². The normalized spacial score (nSPS) is 16.5. The van der Waals surface area contributed by atoms with Gasteiger partial charge in [0, 0.05) is 15.1 Å².